The fourth-order valence-corrected chi connectivity index (χ4v) is 4.54. The van der Waals surface area contributed by atoms with Crippen LogP contribution in [0.2, 0.25) is 0 Å². The Balaban J connectivity index is 1.78. The van der Waals surface area contributed by atoms with Gasteiger partial charge in [0.25, 0.3) is 0 Å². The molecule has 26 heavy (non-hydrogen) atoms. The Kier molecular flexibility index (Phi) is 6.72. The van der Waals surface area contributed by atoms with Gasteiger partial charge in [-0.2, -0.15) is 5.10 Å². The molecule has 6 nitrogen and oxygen atoms in total. The normalized spacial score (nSPS) is 26.3. The molecule has 0 aromatic carbocycles. The van der Waals surface area contributed by atoms with E-state index in [1.54, 1.807) is 0 Å². The van der Waals surface area contributed by atoms with Crippen LogP contribution in [0.3, 0.4) is 0 Å². The largest absolute Gasteiger partial charge is 0.384 e. The van der Waals surface area contributed by atoms with Crippen molar-refractivity contribution in [3.8, 4) is 0 Å². The minimum Gasteiger partial charge on any atom is -0.384 e. The number of rotatable bonds is 8. The second-order valence-corrected chi connectivity index (χ2v) is 8.44. The van der Waals surface area contributed by atoms with Crippen LogP contribution in [0.5, 0.6) is 0 Å². The second kappa shape index (κ2) is 8.83. The highest BCUT2D eigenvalue weighted by atomic mass is 16.5. The van der Waals surface area contributed by atoms with Crippen molar-refractivity contribution in [1.82, 2.24) is 20.0 Å². The molecule has 1 fully saturated rings. The van der Waals surface area contributed by atoms with Gasteiger partial charge in [0.15, 0.2) is 0 Å². The molecule has 2 aliphatic rings. The number of aromatic nitrogens is 2. The van der Waals surface area contributed by atoms with Gasteiger partial charge in [-0.3, -0.25) is 9.58 Å². The molecule has 0 saturated heterocycles. The van der Waals surface area contributed by atoms with Gasteiger partial charge in [-0.15, -0.1) is 0 Å². The number of ether oxygens (including phenoxy) is 2. The first-order valence-corrected chi connectivity index (χ1v) is 10.0. The maximum absolute atomic E-state index is 5.79. The zero-order valence-electron chi connectivity index (χ0n) is 17.0. The van der Waals surface area contributed by atoms with Gasteiger partial charge in [0.2, 0.25) is 0 Å². The van der Waals surface area contributed by atoms with Crippen LogP contribution in [0.25, 0.3) is 0 Å². The van der Waals surface area contributed by atoms with Crippen molar-refractivity contribution in [1.29, 1.82) is 0 Å². The number of nitrogens with one attached hydrogen (secondary N) is 1. The Labute approximate surface area is 158 Å². The van der Waals surface area contributed by atoms with Crippen LogP contribution in [-0.4, -0.2) is 62.2 Å². The highest BCUT2D eigenvalue weighted by molar-refractivity contribution is 5.31. The van der Waals surface area contributed by atoms with Crippen LogP contribution in [0.15, 0.2) is 0 Å². The first-order valence-electron chi connectivity index (χ1n) is 10.0. The predicted molar refractivity (Wildman–Crippen MR) is 103 cm³/mol. The molecule has 1 aliphatic heterocycles. The number of nitrogens with zero attached hydrogens (tertiary/aromatic N) is 3. The van der Waals surface area contributed by atoms with E-state index in [2.05, 4.69) is 28.9 Å². The van der Waals surface area contributed by atoms with Crippen LogP contribution in [0.1, 0.15) is 55.5 Å². The van der Waals surface area contributed by atoms with E-state index in [1.807, 2.05) is 14.2 Å². The highest BCUT2D eigenvalue weighted by Gasteiger charge is 2.35. The molecule has 1 aromatic heterocycles. The third-order valence-electron chi connectivity index (χ3n) is 6.12. The summed E-state index contributed by atoms with van der Waals surface area (Å²) in [4.78, 5) is 2.37. The van der Waals surface area contributed by atoms with E-state index in [-0.39, 0.29) is 0 Å². The van der Waals surface area contributed by atoms with E-state index in [0.717, 1.165) is 39.4 Å². The van der Waals surface area contributed by atoms with Crippen LogP contribution in [-0.2, 0) is 29.2 Å². The quantitative estimate of drug-likeness (QED) is 0.767. The van der Waals surface area contributed by atoms with Crippen molar-refractivity contribution < 1.29 is 9.47 Å². The molecular weight excluding hydrogens is 328 g/mol. The summed E-state index contributed by atoms with van der Waals surface area (Å²) in [5.41, 5.74) is 4.41. The Morgan fingerprint density at radius 3 is 2.85 bits per heavy atom. The van der Waals surface area contributed by atoms with Crippen molar-refractivity contribution in [2.45, 2.75) is 58.2 Å². The van der Waals surface area contributed by atoms with Gasteiger partial charge in [-0.05, 0) is 51.1 Å². The minimum absolute atomic E-state index is 0.332. The molecule has 6 heteroatoms. The van der Waals surface area contributed by atoms with Crippen LogP contribution >= 0.6 is 0 Å². The molecule has 0 unspecified atom stereocenters. The van der Waals surface area contributed by atoms with E-state index in [1.165, 1.54) is 42.6 Å². The standard InChI is InChI=1S/C20H36N4O2/c1-20(15-25-4)7-5-16(6-8-20)19-17(13-23(3)10-9-21-2)22-24-11-12-26-14-18(19)24/h16,21H,5-15H2,1-4H3/t16-,20+. The molecule has 1 aromatic rings. The van der Waals surface area contributed by atoms with Crippen molar-refractivity contribution >= 4 is 0 Å². The molecular formula is C20H36N4O2. The maximum atomic E-state index is 5.79. The fourth-order valence-electron chi connectivity index (χ4n) is 4.54. The van der Waals surface area contributed by atoms with E-state index in [0.29, 0.717) is 17.9 Å². The summed E-state index contributed by atoms with van der Waals surface area (Å²) in [7, 11) is 6.01. The molecule has 1 aliphatic carbocycles. The first-order chi connectivity index (χ1) is 12.6. The molecule has 1 N–H and O–H groups in total. The van der Waals surface area contributed by atoms with Crippen LogP contribution < -0.4 is 5.32 Å². The summed E-state index contributed by atoms with van der Waals surface area (Å²) in [5, 5.41) is 8.23. The lowest BCUT2D eigenvalue weighted by Crippen LogP contribution is -2.30. The van der Waals surface area contributed by atoms with E-state index in [4.69, 9.17) is 14.6 Å². The Morgan fingerprint density at radius 2 is 2.15 bits per heavy atom. The van der Waals surface area contributed by atoms with Gasteiger partial charge < -0.3 is 14.8 Å². The molecule has 0 radical (unpaired) electrons. The molecule has 148 valence electrons. The summed E-state index contributed by atoms with van der Waals surface area (Å²) in [6.45, 7) is 8.57. The van der Waals surface area contributed by atoms with Gasteiger partial charge in [0, 0.05) is 32.3 Å². The summed E-state index contributed by atoms with van der Waals surface area (Å²) >= 11 is 0. The maximum Gasteiger partial charge on any atom is 0.0888 e. The molecule has 0 bridgehead atoms. The lowest BCUT2D eigenvalue weighted by molar-refractivity contribution is 0.0566. The third kappa shape index (κ3) is 4.47. The smallest absolute Gasteiger partial charge is 0.0888 e. The average molecular weight is 365 g/mol. The van der Waals surface area contributed by atoms with Crippen LogP contribution in [0, 0.1) is 5.41 Å². The Bertz CT molecular complexity index is 579. The molecule has 0 amide bonds. The van der Waals surface area contributed by atoms with Crippen LogP contribution in [0.4, 0.5) is 0 Å². The van der Waals surface area contributed by atoms with Gasteiger partial charge in [0.1, 0.15) is 0 Å². The first kappa shape index (κ1) is 19.8. The summed E-state index contributed by atoms with van der Waals surface area (Å²) in [5.74, 6) is 0.609. The third-order valence-corrected chi connectivity index (χ3v) is 6.12. The van der Waals surface area contributed by atoms with Crippen molar-refractivity contribution in [3.63, 3.8) is 0 Å². The molecule has 1 saturated carbocycles. The van der Waals surface area contributed by atoms with E-state index < -0.39 is 0 Å². The monoisotopic (exact) mass is 364 g/mol. The Hall–Kier alpha value is -0.950. The fraction of sp³-hybridized carbons (Fsp3) is 0.850. The van der Waals surface area contributed by atoms with Gasteiger partial charge in [-0.1, -0.05) is 6.92 Å². The highest BCUT2D eigenvalue weighted by Crippen LogP contribution is 2.45. The van der Waals surface area contributed by atoms with Crippen molar-refractivity contribution in [3.05, 3.63) is 17.0 Å². The predicted octanol–water partition coefficient (Wildman–Crippen LogP) is 2.37. The zero-order valence-corrected chi connectivity index (χ0v) is 17.0. The van der Waals surface area contributed by atoms with E-state index in [9.17, 15) is 0 Å². The average Bonchev–Trinajstić information content (AvgIpc) is 2.98. The zero-order chi connectivity index (χ0) is 18.6. The summed E-state index contributed by atoms with van der Waals surface area (Å²) in [6, 6.07) is 0. The molecule has 2 heterocycles. The topological polar surface area (TPSA) is 51.6 Å². The minimum atomic E-state index is 0.332. The second-order valence-electron chi connectivity index (χ2n) is 8.44. The van der Waals surface area contributed by atoms with Crippen molar-refractivity contribution in [2.75, 3.05) is 47.5 Å². The lowest BCUT2D eigenvalue weighted by Gasteiger charge is -2.37. The summed E-state index contributed by atoms with van der Waals surface area (Å²) < 4.78 is 13.5. The SMILES string of the molecule is CNCCN(C)Cc1nn2c(c1[C@H]1CC[C@@](C)(COC)CC1)COCC2. The molecule has 3 rings (SSSR count). The number of hydrogen-bond donors (Lipinski definition) is 1. The van der Waals surface area contributed by atoms with E-state index >= 15 is 0 Å². The number of fused-ring (bicyclic) bond motifs is 1. The molecule has 0 atom stereocenters. The number of methoxy groups -OCH3 is 1. The lowest BCUT2D eigenvalue weighted by atomic mass is 9.70. The molecule has 0 spiro atoms. The Morgan fingerprint density at radius 1 is 1.38 bits per heavy atom. The van der Waals surface area contributed by atoms with Gasteiger partial charge in [0.05, 0.1) is 37.8 Å². The number of hydrogen-bond acceptors (Lipinski definition) is 5. The van der Waals surface area contributed by atoms with Gasteiger partial charge in [-0.25, -0.2) is 0 Å². The number of likely N-dealkylation sites (N-methyl/N-ethyl adjacent to an activating group) is 2. The summed E-state index contributed by atoms with van der Waals surface area (Å²) in [6.07, 6.45) is 4.91. The van der Waals surface area contributed by atoms with Crippen molar-refractivity contribution in [2.24, 2.45) is 5.41 Å². The van der Waals surface area contributed by atoms with Gasteiger partial charge >= 0.3 is 0 Å².